The van der Waals surface area contributed by atoms with Gasteiger partial charge in [-0.25, -0.2) is 4.98 Å². The minimum atomic E-state index is -4.41. The van der Waals surface area contributed by atoms with E-state index in [-0.39, 0.29) is 47.0 Å². The average molecular weight is 504 g/mol. The molecule has 8 nitrogen and oxygen atoms in total. The summed E-state index contributed by atoms with van der Waals surface area (Å²) in [6.07, 6.45) is 0.302. The zero-order valence-corrected chi connectivity index (χ0v) is 19.1. The Kier molecular flexibility index (Phi) is 6.66. The fourth-order valence-corrected chi connectivity index (χ4v) is 4.39. The van der Waals surface area contributed by atoms with Gasteiger partial charge >= 0.3 is 5.51 Å². The molecule has 1 saturated heterocycles. The van der Waals surface area contributed by atoms with Crippen molar-refractivity contribution in [1.82, 2.24) is 20.2 Å². The molecule has 2 heterocycles. The molecule has 0 aliphatic carbocycles. The van der Waals surface area contributed by atoms with Gasteiger partial charge in [0.2, 0.25) is 11.8 Å². The number of hydrogen-bond donors (Lipinski definition) is 2. The second kappa shape index (κ2) is 9.53. The number of alkyl halides is 3. The number of carbonyl (C=O) groups is 3. The molecule has 12 heteroatoms. The molecule has 0 bridgehead atoms. The smallest absolute Gasteiger partial charge is 0.348 e. The molecular weight excluding hydrogens is 485 g/mol. The minimum Gasteiger partial charge on any atom is -0.348 e. The molecule has 182 valence electrons. The van der Waals surface area contributed by atoms with E-state index in [0.29, 0.717) is 16.9 Å². The first-order valence-electron chi connectivity index (χ1n) is 10.5. The molecule has 2 N–H and O–H groups in total. The fraction of sp³-hybridized carbons (Fsp3) is 0.261. The minimum absolute atomic E-state index is 0.0290. The maximum Gasteiger partial charge on any atom is 0.446 e. The summed E-state index contributed by atoms with van der Waals surface area (Å²) in [6, 6.07) is 9.07. The van der Waals surface area contributed by atoms with Crippen LogP contribution in [0.3, 0.4) is 0 Å². The van der Waals surface area contributed by atoms with E-state index >= 15 is 0 Å². The molecule has 1 aliphatic rings. The Morgan fingerprint density at radius 3 is 2.54 bits per heavy atom. The lowest BCUT2D eigenvalue weighted by Crippen LogP contribution is -2.45. The second-order valence-electron chi connectivity index (χ2n) is 7.91. The van der Waals surface area contributed by atoms with Crippen molar-refractivity contribution in [1.29, 1.82) is 0 Å². The molecule has 1 fully saturated rings. The molecule has 0 spiro atoms. The number of halogens is 3. The van der Waals surface area contributed by atoms with Crippen molar-refractivity contribution >= 4 is 40.4 Å². The third kappa shape index (κ3) is 5.53. The molecule has 1 aliphatic heterocycles. The lowest BCUT2D eigenvalue weighted by atomic mass is 10.0. The third-order valence-electron chi connectivity index (χ3n) is 5.47. The molecule has 1 unspecified atom stereocenters. The van der Waals surface area contributed by atoms with Crippen LogP contribution >= 0.6 is 11.8 Å². The van der Waals surface area contributed by atoms with Crippen molar-refractivity contribution < 1.29 is 27.6 Å². The van der Waals surface area contributed by atoms with E-state index in [2.05, 4.69) is 15.6 Å². The van der Waals surface area contributed by atoms with Crippen LogP contribution < -0.4 is 16.2 Å². The summed E-state index contributed by atoms with van der Waals surface area (Å²) in [5.41, 5.74) is -3.65. The van der Waals surface area contributed by atoms with Gasteiger partial charge in [-0.15, -0.1) is 0 Å². The molecule has 3 aromatic rings. The van der Waals surface area contributed by atoms with Gasteiger partial charge in [-0.1, -0.05) is 6.07 Å². The lowest BCUT2D eigenvalue weighted by molar-refractivity contribution is -0.135. The molecule has 3 amide bonds. The third-order valence-corrected chi connectivity index (χ3v) is 6.21. The number of fused-ring (bicyclic) bond motifs is 1. The number of aryl methyl sites for hydroxylation is 1. The Morgan fingerprint density at radius 1 is 1.17 bits per heavy atom. The summed E-state index contributed by atoms with van der Waals surface area (Å²) in [6.45, 7) is 1.66. The van der Waals surface area contributed by atoms with E-state index in [1.807, 2.05) is 0 Å². The zero-order chi connectivity index (χ0) is 25.3. The Hall–Kier alpha value is -3.67. The average Bonchev–Trinajstić information content (AvgIpc) is 2.78. The number of hydrogen-bond acceptors (Lipinski definition) is 6. The van der Waals surface area contributed by atoms with E-state index in [0.717, 1.165) is 0 Å². The Balaban J connectivity index is 1.52. The lowest BCUT2D eigenvalue weighted by Gasteiger charge is -2.24. The standard InChI is InChI=1S/C23H19F3N4O4S/c1-12-28-17-7-2-13(10-16(17)22(34)30(12)18-8-9-19(31)29-21(18)33)11-27-20(32)14-3-5-15(6-4-14)35-23(24,25)26/h2-7,10,18H,8-9,11H2,1H3,(H,27,32)(H,29,31,33). The molecular formula is C23H19F3N4O4S. The Labute approximate surface area is 200 Å². The first-order valence-corrected chi connectivity index (χ1v) is 11.3. The number of nitrogens with zero attached hydrogens (tertiary/aromatic N) is 2. The number of amides is 3. The zero-order valence-electron chi connectivity index (χ0n) is 18.3. The Bertz CT molecular complexity index is 1390. The second-order valence-corrected chi connectivity index (χ2v) is 9.05. The first-order chi connectivity index (χ1) is 16.5. The fourth-order valence-electron chi connectivity index (χ4n) is 3.85. The summed E-state index contributed by atoms with van der Waals surface area (Å²) in [5.74, 6) is -1.10. The molecule has 1 aromatic heterocycles. The van der Waals surface area contributed by atoms with Gasteiger partial charge in [0, 0.05) is 23.4 Å². The van der Waals surface area contributed by atoms with Crippen LogP contribution in [-0.2, 0) is 16.1 Å². The topological polar surface area (TPSA) is 110 Å². The summed E-state index contributed by atoms with van der Waals surface area (Å²) in [4.78, 5) is 53.8. The van der Waals surface area contributed by atoms with E-state index in [1.165, 1.54) is 28.8 Å². The van der Waals surface area contributed by atoms with Crippen LogP contribution in [0.2, 0.25) is 0 Å². The van der Waals surface area contributed by atoms with Crippen LogP contribution in [-0.4, -0.2) is 32.8 Å². The highest BCUT2D eigenvalue weighted by Crippen LogP contribution is 2.36. The van der Waals surface area contributed by atoms with Crippen molar-refractivity contribution in [3.05, 3.63) is 69.8 Å². The number of benzene rings is 2. The van der Waals surface area contributed by atoms with Gasteiger partial charge in [0.1, 0.15) is 11.9 Å². The molecule has 1 atom stereocenters. The van der Waals surface area contributed by atoms with Gasteiger partial charge < -0.3 is 5.32 Å². The number of imide groups is 1. The van der Waals surface area contributed by atoms with Crippen LogP contribution in [0.5, 0.6) is 0 Å². The van der Waals surface area contributed by atoms with Crippen LogP contribution in [0.15, 0.2) is 52.2 Å². The van der Waals surface area contributed by atoms with Gasteiger partial charge in [-0.05, 0) is 67.1 Å². The van der Waals surface area contributed by atoms with Crippen molar-refractivity contribution in [2.24, 2.45) is 0 Å². The predicted octanol–water partition coefficient (Wildman–Crippen LogP) is 3.22. The molecule has 2 aromatic carbocycles. The largest absolute Gasteiger partial charge is 0.446 e. The van der Waals surface area contributed by atoms with Crippen molar-refractivity contribution in [3.8, 4) is 0 Å². The van der Waals surface area contributed by atoms with E-state index < -0.39 is 34.8 Å². The van der Waals surface area contributed by atoms with Crippen LogP contribution in [0.4, 0.5) is 13.2 Å². The van der Waals surface area contributed by atoms with Gasteiger partial charge in [0.05, 0.1) is 10.9 Å². The van der Waals surface area contributed by atoms with Crippen molar-refractivity contribution in [2.75, 3.05) is 0 Å². The number of rotatable bonds is 5. The van der Waals surface area contributed by atoms with Gasteiger partial charge in [0.15, 0.2) is 0 Å². The van der Waals surface area contributed by atoms with E-state index in [4.69, 9.17) is 0 Å². The maximum absolute atomic E-state index is 13.2. The maximum atomic E-state index is 13.2. The van der Waals surface area contributed by atoms with E-state index in [9.17, 15) is 32.3 Å². The monoisotopic (exact) mass is 504 g/mol. The summed E-state index contributed by atoms with van der Waals surface area (Å²) < 4.78 is 38.6. The van der Waals surface area contributed by atoms with Crippen LogP contribution in [0.1, 0.15) is 40.6 Å². The first kappa shape index (κ1) is 24.5. The predicted molar refractivity (Wildman–Crippen MR) is 122 cm³/mol. The summed E-state index contributed by atoms with van der Waals surface area (Å²) in [5, 5.41) is 5.15. The van der Waals surface area contributed by atoms with Crippen LogP contribution in [0.25, 0.3) is 10.9 Å². The molecule has 35 heavy (non-hydrogen) atoms. The summed E-state index contributed by atoms with van der Waals surface area (Å²) >= 11 is -0.265. The highest BCUT2D eigenvalue weighted by atomic mass is 32.2. The van der Waals surface area contributed by atoms with Gasteiger partial charge in [-0.3, -0.25) is 29.1 Å². The van der Waals surface area contributed by atoms with E-state index in [1.54, 1.807) is 25.1 Å². The number of carbonyl (C=O) groups excluding carboxylic acids is 3. The highest BCUT2D eigenvalue weighted by molar-refractivity contribution is 8.00. The van der Waals surface area contributed by atoms with Crippen molar-refractivity contribution in [3.63, 3.8) is 0 Å². The number of piperidine rings is 1. The molecule has 4 rings (SSSR count). The number of aromatic nitrogens is 2. The SMILES string of the molecule is Cc1nc2ccc(CNC(=O)c3ccc(SC(F)(F)F)cc3)cc2c(=O)n1C1CCC(=O)NC1=O. The molecule has 0 saturated carbocycles. The molecule has 0 radical (unpaired) electrons. The van der Waals surface area contributed by atoms with Crippen LogP contribution in [0, 0.1) is 6.92 Å². The number of nitrogens with one attached hydrogen (secondary N) is 2. The highest BCUT2D eigenvalue weighted by Gasteiger charge is 2.31. The number of thioether (sulfide) groups is 1. The van der Waals surface area contributed by atoms with Crippen molar-refractivity contribution in [2.45, 2.75) is 42.8 Å². The van der Waals surface area contributed by atoms with Gasteiger partial charge in [-0.2, -0.15) is 13.2 Å². The quantitative estimate of drug-likeness (QED) is 0.408. The Morgan fingerprint density at radius 2 is 1.89 bits per heavy atom. The van der Waals surface area contributed by atoms with Gasteiger partial charge in [0.25, 0.3) is 11.5 Å². The normalized spacial score (nSPS) is 16.3. The summed E-state index contributed by atoms with van der Waals surface area (Å²) in [7, 11) is 0.